The Morgan fingerprint density at radius 1 is 0.815 bits per heavy atom. The number of para-hydroxylation sites is 3. The second kappa shape index (κ2) is 8.17. The quantitative estimate of drug-likeness (QED) is 0.816. The van der Waals surface area contributed by atoms with Crippen LogP contribution in [-0.2, 0) is 0 Å². The molecular formula is C21H27N3O3. The predicted molar refractivity (Wildman–Crippen MR) is 106 cm³/mol. The zero-order valence-corrected chi connectivity index (χ0v) is 15.5. The van der Waals surface area contributed by atoms with Crippen molar-refractivity contribution in [1.82, 2.24) is 9.80 Å². The van der Waals surface area contributed by atoms with Crippen molar-refractivity contribution in [2.75, 3.05) is 57.3 Å². The summed E-state index contributed by atoms with van der Waals surface area (Å²) in [6.45, 7) is 6.98. The summed E-state index contributed by atoms with van der Waals surface area (Å²) in [5, 5.41) is 19.5. The van der Waals surface area contributed by atoms with Crippen LogP contribution >= 0.6 is 0 Å². The minimum absolute atomic E-state index is 0.235. The van der Waals surface area contributed by atoms with Gasteiger partial charge in [0.1, 0.15) is 11.4 Å². The molecule has 1 saturated heterocycles. The minimum Gasteiger partial charge on any atom is -0.506 e. The molecule has 6 nitrogen and oxygen atoms in total. The van der Waals surface area contributed by atoms with Gasteiger partial charge in [0.15, 0.2) is 11.5 Å². The number of aliphatic hydroxyl groups excluding tert-OH is 1. The Kier molecular flexibility index (Phi) is 5.48. The molecule has 6 heteroatoms. The molecule has 0 aromatic heterocycles. The third kappa shape index (κ3) is 3.88. The maximum Gasteiger partial charge on any atom is 0.155 e. The van der Waals surface area contributed by atoms with Gasteiger partial charge in [-0.15, -0.1) is 0 Å². The molecule has 1 fully saturated rings. The van der Waals surface area contributed by atoms with Crippen LogP contribution in [0.2, 0.25) is 0 Å². The Labute approximate surface area is 160 Å². The van der Waals surface area contributed by atoms with Crippen molar-refractivity contribution in [2.45, 2.75) is 6.42 Å². The molecule has 2 N–H and O–H groups in total. The molecule has 0 aliphatic carbocycles. The molecule has 0 unspecified atom stereocenters. The van der Waals surface area contributed by atoms with E-state index in [9.17, 15) is 5.11 Å². The van der Waals surface area contributed by atoms with Gasteiger partial charge in [-0.3, -0.25) is 4.90 Å². The molecule has 0 saturated carbocycles. The number of nitrogens with zero attached hydrogens (tertiary/aromatic N) is 3. The lowest BCUT2D eigenvalue weighted by Crippen LogP contribution is -2.47. The van der Waals surface area contributed by atoms with Crippen molar-refractivity contribution in [3.63, 3.8) is 0 Å². The maximum atomic E-state index is 10.4. The number of benzene rings is 2. The third-order valence-electron chi connectivity index (χ3n) is 5.36. The van der Waals surface area contributed by atoms with Crippen molar-refractivity contribution < 1.29 is 14.9 Å². The van der Waals surface area contributed by atoms with Gasteiger partial charge in [0.05, 0.1) is 12.3 Å². The summed E-state index contributed by atoms with van der Waals surface area (Å²) in [4.78, 5) is 6.96. The highest BCUT2D eigenvalue weighted by Crippen LogP contribution is 2.50. The number of hydrogen-bond acceptors (Lipinski definition) is 6. The number of piperazine rings is 1. The molecule has 2 aliphatic rings. The van der Waals surface area contributed by atoms with Gasteiger partial charge in [0.25, 0.3) is 0 Å². The zero-order valence-electron chi connectivity index (χ0n) is 15.5. The van der Waals surface area contributed by atoms with Crippen molar-refractivity contribution in [3.05, 3.63) is 42.5 Å². The summed E-state index contributed by atoms with van der Waals surface area (Å²) in [5.74, 6) is 1.78. The second-order valence-electron chi connectivity index (χ2n) is 7.11. The number of β-amino-alcohol motifs (C(OH)–C–C–N with tert-alkyl or cyclic N) is 1. The number of anilines is 2. The molecule has 144 valence electrons. The summed E-state index contributed by atoms with van der Waals surface area (Å²) >= 11 is 0. The van der Waals surface area contributed by atoms with Gasteiger partial charge in [-0.25, -0.2) is 0 Å². The van der Waals surface area contributed by atoms with Crippen LogP contribution in [0.3, 0.4) is 0 Å². The molecule has 2 aliphatic heterocycles. The molecule has 2 aromatic rings. The highest BCUT2D eigenvalue weighted by molar-refractivity contribution is 5.81. The van der Waals surface area contributed by atoms with E-state index in [1.165, 1.54) is 0 Å². The molecule has 0 radical (unpaired) electrons. The van der Waals surface area contributed by atoms with E-state index in [0.717, 1.165) is 69.4 Å². The number of phenolic OH excluding ortho intramolecular Hbond substituents is 1. The average molecular weight is 369 g/mol. The Morgan fingerprint density at radius 3 is 2.30 bits per heavy atom. The van der Waals surface area contributed by atoms with Crippen LogP contribution in [0, 0.1) is 0 Å². The number of phenols is 1. The summed E-state index contributed by atoms with van der Waals surface area (Å²) in [6.07, 6.45) is 1.00. The molecule has 27 heavy (non-hydrogen) atoms. The van der Waals surface area contributed by atoms with E-state index in [2.05, 4.69) is 14.7 Å². The number of aromatic hydroxyl groups is 1. The third-order valence-corrected chi connectivity index (χ3v) is 5.36. The Morgan fingerprint density at radius 2 is 1.52 bits per heavy atom. The van der Waals surface area contributed by atoms with E-state index < -0.39 is 0 Å². The average Bonchev–Trinajstić information content (AvgIpc) is 2.69. The molecule has 0 amide bonds. The highest BCUT2D eigenvalue weighted by atomic mass is 16.5. The van der Waals surface area contributed by atoms with Crippen LogP contribution in [0.15, 0.2) is 42.5 Å². The topological polar surface area (TPSA) is 59.4 Å². The lowest BCUT2D eigenvalue weighted by molar-refractivity contribution is 0.112. The minimum atomic E-state index is 0.235. The number of fused-ring (bicyclic) bond motifs is 2. The summed E-state index contributed by atoms with van der Waals surface area (Å²) in [5.41, 5.74) is 1.75. The number of aliphatic hydroxyl groups is 1. The van der Waals surface area contributed by atoms with Crippen LogP contribution in [-0.4, -0.2) is 72.4 Å². The smallest absolute Gasteiger partial charge is 0.155 e. The maximum absolute atomic E-state index is 10.4. The Balaban J connectivity index is 1.42. The normalized spacial score (nSPS) is 17.3. The van der Waals surface area contributed by atoms with E-state index in [1.807, 2.05) is 36.4 Å². The predicted octanol–water partition coefficient (Wildman–Crippen LogP) is 2.64. The van der Waals surface area contributed by atoms with E-state index in [1.54, 1.807) is 6.07 Å². The van der Waals surface area contributed by atoms with E-state index >= 15 is 0 Å². The van der Waals surface area contributed by atoms with Gasteiger partial charge < -0.3 is 24.7 Å². The van der Waals surface area contributed by atoms with Gasteiger partial charge in [-0.1, -0.05) is 18.2 Å². The van der Waals surface area contributed by atoms with Gasteiger partial charge in [0, 0.05) is 39.3 Å². The second-order valence-corrected chi connectivity index (χ2v) is 7.11. The van der Waals surface area contributed by atoms with Crippen LogP contribution < -0.4 is 9.64 Å². The summed E-state index contributed by atoms with van der Waals surface area (Å²) < 4.78 is 5.98. The largest absolute Gasteiger partial charge is 0.506 e. The molecule has 4 rings (SSSR count). The van der Waals surface area contributed by atoms with Crippen molar-refractivity contribution in [2.24, 2.45) is 0 Å². The van der Waals surface area contributed by atoms with Crippen molar-refractivity contribution >= 4 is 11.4 Å². The monoisotopic (exact) mass is 369 g/mol. The SMILES string of the molecule is OCCN1CCN(CCCN2c3ccccc3Oc3cccc(O)c32)CC1. The standard InChI is InChI=1S/C21H27N3O3/c25-16-15-23-13-11-22(12-14-23)9-4-10-24-17-5-1-2-7-19(17)27-20-8-3-6-18(26)21(20)24/h1-3,5-8,25-26H,4,9-16H2. The van der Waals surface area contributed by atoms with Gasteiger partial charge in [-0.05, 0) is 37.2 Å². The van der Waals surface area contributed by atoms with Crippen LogP contribution in [0.5, 0.6) is 17.2 Å². The van der Waals surface area contributed by atoms with Crippen LogP contribution in [0.1, 0.15) is 6.42 Å². The Bertz CT molecular complexity index is 775. The van der Waals surface area contributed by atoms with Crippen LogP contribution in [0.4, 0.5) is 11.4 Å². The molecule has 0 atom stereocenters. The van der Waals surface area contributed by atoms with Gasteiger partial charge in [0.2, 0.25) is 0 Å². The van der Waals surface area contributed by atoms with Crippen molar-refractivity contribution in [3.8, 4) is 17.2 Å². The summed E-state index contributed by atoms with van der Waals surface area (Å²) in [6, 6.07) is 13.4. The van der Waals surface area contributed by atoms with Gasteiger partial charge >= 0.3 is 0 Å². The zero-order chi connectivity index (χ0) is 18.6. The molecule has 2 heterocycles. The molecule has 2 aromatic carbocycles. The highest BCUT2D eigenvalue weighted by Gasteiger charge is 2.26. The lowest BCUT2D eigenvalue weighted by atomic mass is 10.1. The van der Waals surface area contributed by atoms with Gasteiger partial charge in [-0.2, -0.15) is 0 Å². The fourth-order valence-electron chi connectivity index (χ4n) is 3.93. The first-order chi connectivity index (χ1) is 13.3. The number of rotatable bonds is 6. The fraction of sp³-hybridized carbons (Fsp3) is 0.429. The van der Waals surface area contributed by atoms with Crippen LogP contribution in [0.25, 0.3) is 0 Å². The first kappa shape index (κ1) is 18.1. The lowest BCUT2D eigenvalue weighted by Gasteiger charge is -2.36. The Hall–Kier alpha value is -2.28. The number of hydrogen-bond donors (Lipinski definition) is 2. The van der Waals surface area contributed by atoms with E-state index in [0.29, 0.717) is 5.75 Å². The van der Waals surface area contributed by atoms with E-state index in [4.69, 9.17) is 9.84 Å². The number of ether oxygens (including phenoxy) is 1. The first-order valence-corrected chi connectivity index (χ1v) is 9.68. The molecule has 0 spiro atoms. The summed E-state index contributed by atoms with van der Waals surface area (Å²) in [7, 11) is 0. The molecular weight excluding hydrogens is 342 g/mol. The first-order valence-electron chi connectivity index (χ1n) is 9.68. The van der Waals surface area contributed by atoms with Crippen molar-refractivity contribution in [1.29, 1.82) is 0 Å². The van der Waals surface area contributed by atoms with E-state index in [-0.39, 0.29) is 12.4 Å². The molecule has 0 bridgehead atoms. The fourth-order valence-corrected chi connectivity index (χ4v) is 3.93.